The second-order valence-corrected chi connectivity index (χ2v) is 5.14. The van der Waals surface area contributed by atoms with Crippen LogP contribution in [0.4, 0.5) is 0 Å². The van der Waals surface area contributed by atoms with Crippen molar-refractivity contribution in [1.82, 2.24) is 0 Å². The van der Waals surface area contributed by atoms with Crippen LogP contribution >= 0.6 is 0 Å². The Morgan fingerprint density at radius 3 is 2.46 bits per heavy atom. The predicted molar refractivity (Wildman–Crippen MR) is 56.6 cm³/mol. The molecule has 0 amide bonds. The van der Waals surface area contributed by atoms with Crippen LogP contribution in [0.1, 0.15) is 46.5 Å². The molecule has 13 heavy (non-hydrogen) atoms. The zero-order chi connectivity index (χ0) is 10.1. The molecule has 0 spiro atoms. The van der Waals surface area contributed by atoms with Gasteiger partial charge in [0.15, 0.2) is 0 Å². The molecule has 0 bridgehead atoms. The van der Waals surface area contributed by atoms with Gasteiger partial charge in [-0.15, -0.1) is 0 Å². The van der Waals surface area contributed by atoms with Gasteiger partial charge in [0.1, 0.15) is 0 Å². The van der Waals surface area contributed by atoms with Crippen LogP contribution in [0.3, 0.4) is 0 Å². The van der Waals surface area contributed by atoms with Crippen LogP contribution in [0.25, 0.3) is 0 Å². The van der Waals surface area contributed by atoms with Gasteiger partial charge < -0.3 is 5.11 Å². The molecular formula is C12H22O. The molecule has 0 aliphatic heterocycles. The van der Waals surface area contributed by atoms with E-state index in [0.717, 1.165) is 31.1 Å². The summed E-state index contributed by atoms with van der Waals surface area (Å²) in [4.78, 5) is 0. The van der Waals surface area contributed by atoms with E-state index in [9.17, 15) is 5.11 Å². The van der Waals surface area contributed by atoms with Crippen LogP contribution < -0.4 is 0 Å². The van der Waals surface area contributed by atoms with Crippen molar-refractivity contribution in [1.29, 1.82) is 0 Å². The van der Waals surface area contributed by atoms with Gasteiger partial charge in [0.2, 0.25) is 0 Å². The van der Waals surface area contributed by atoms with Gasteiger partial charge in [0, 0.05) is 0 Å². The van der Waals surface area contributed by atoms with Crippen LogP contribution in [0, 0.1) is 11.8 Å². The Balaban J connectivity index is 2.10. The van der Waals surface area contributed by atoms with E-state index in [4.69, 9.17) is 0 Å². The van der Waals surface area contributed by atoms with Crippen molar-refractivity contribution in [2.75, 3.05) is 0 Å². The highest BCUT2D eigenvalue weighted by molar-refractivity contribution is 5.10. The Kier molecular flexibility index (Phi) is 3.18. The van der Waals surface area contributed by atoms with Gasteiger partial charge in [-0.1, -0.05) is 19.1 Å². The minimum Gasteiger partial charge on any atom is -0.390 e. The van der Waals surface area contributed by atoms with Crippen molar-refractivity contribution >= 4 is 0 Å². The molecule has 0 radical (unpaired) electrons. The first-order valence-electron chi connectivity index (χ1n) is 5.30. The summed E-state index contributed by atoms with van der Waals surface area (Å²) in [6.45, 7) is 10.1. The third-order valence-electron chi connectivity index (χ3n) is 2.92. The molecule has 1 saturated carbocycles. The molecule has 2 unspecified atom stereocenters. The second-order valence-electron chi connectivity index (χ2n) is 5.14. The van der Waals surface area contributed by atoms with Crippen molar-refractivity contribution in [3.8, 4) is 0 Å². The zero-order valence-corrected chi connectivity index (χ0v) is 9.14. The van der Waals surface area contributed by atoms with E-state index in [-0.39, 0.29) is 0 Å². The van der Waals surface area contributed by atoms with E-state index in [0.29, 0.717) is 0 Å². The molecule has 1 rings (SSSR count). The Morgan fingerprint density at radius 2 is 2.08 bits per heavy atom. The largest absolute Gasteiger partial charge is 0.390 e. The summed E-state index contributed by atoms with van der Waals surface area (Å²) >= 11 is 0. The lowest BCUT2D eigenvalue weighted by molar-refractivity contribution is 0.0688. The summed E-state index contributed by atoms with van der Waals surface area (Å²) in [6.07, 6.45) is 4.39. The molecule has 0 aromatic carbocycles. The minimum absolute atomic E-state index is 0.505. The molecule has 0 aromatic rings. The molecule has 0 aromatic heterocycles. The van der Waals surface area contributed by atoms with Crippen LogP contribution in [-0.4, -0.2) is 10.7 Å². The monoisotopic (exact) mass is 182 g/mol. The van der Waals surface area contributed by atoms with E-state index in [1.54, 1.807) is 0 Å². The summed E-state index contributed by atoms with van der Waals surface area (Å²) in [5.74, 6) is 1.66. The van der Waals surface area contributed by atoms with Gasteiger partial charge in [0.25, 0.3) is 0 Å². The fraction of sp³-hybridized carbons (Fsp3) is 0.833. The zero-order valence-electron chi connectivity index (χ0n) is 9.14. The molecule has 1 heteroatoms. The van der Waals surface area contributed by atoms with Gasteiger partial charge in [-0.2, -0.15) is 0 Å². The summed E-state index contributed by atoms with van der Waals surface area (Å²) < 4.78 is 0. The van der Waals surface area contributed by atoms with E-state index in [2.05, 4.69) is 13.5 Å². The smallest absolute Gasteiger partial charge is 0.0591 e. The van der Waals surface area contributed by atoms with E-state index in [1.165, 1.54) is 12.0 Å². The second kappa shape index (κ2) is 3.83. The summed E-state index contributed by atoms with van der Waals surface area (Å²) in [5.41, 5.74) is 0.895. The number of aliphatic hydroxyl groups is 1. The lowest BCUT2D eigenvalue weighted by Gasteiger charge is -2.16. The van der Waals surface area contributed by atoms with Crippen LogP contribution in [-0.2, 0) is 0 Å². The van der Waals surface area contributed by atoms with Crippen molar-refractivity contribution in [2.24, 2.45) is 11.8 Å². The maximum absolute atomic E-state index is 9.51. The first-order chi connectivity index (χ1) is 5.90. The highest BCUT2D eigenvalue weighted by atomic mass is 16.3. The third kappa shape index (κ3) is 3.95. The summed E-state index contributed by atoms with van der Waals surface area (Å²) in [6, 6.07) is 0. The fourth-order valence-electron chi connectivity index (χ4n) is 1.82. The lowest BCUT2D eigenvalue weighted by Crippen LogP contribution is -2.17. The Labute approximate surface area is 81.9 Å². The van der Waals surface area contributed by atoms with Crippen molar-refractivity contribution < 1.29 is 5.11 Å². The summed E-state index contributed by atoms with van der Waals surface area (Å²) in [7, 11) is 0. The molecule has 1 aliphatic carbocycles. The standard InChI is InChI=1S/C12H22O/c1-9(11-8-10(11)2)6-5-7-12(3,4)13/h10-11,13H,1,5-8H2,2-4H3. The molecule has 0 saturated heterocycles. The number of rotatable bonds is 5. The molecular weight excluding hydrogens is 160 g/mol. The summed E-state index contributed by atoms with van der Waals surface area (Å²) in [5, 5.41) is 9.51. The van der Waals surface area contributed by atoms with Gasteiger partial charge in [-0.05, 0) is 51.4 Å². The van der Waals surface area contributed by atoms with Crippen molar-refractivity contribution in [3.05, 3.63) is 12.2 Å². The van der Waals surface area contributed by atoms with Crippen LogP contribution in [0.2, 0.25) is 0 Å². The van der Waals surface area contributed by atoms with E-state index >= 15 is 0 Å². The minimum atomic E-state index is -0.505. The van der Waals surface area contributed by atoms with Crippen molar-refractivity contribution in [2.45, 2.75) is 52.1 Å². The molecule has 76 valence electrons. The van der Waals surface area contributed by atoms with E-state index < -0.39 is 5.60 Å². The quantitative estimate of drug-likeness (QED) is 0.648. The number of allylic oxidation sites excluding steroid dienone is 1. The molecule has 2 atom stereocenters. The Bertz CT molecular complexity index is 188. The SMILES string of the molecule is C=C(CCCC(C)(C)O)C1CC1C. The predicted octanol–water partition coefficient (Wildman–Crippen LogP) is 3.14. The molecule has 1 fully saturated rings. The maximum atomic E-state index is 9.51. The molecule has 1 aliphatic rings. The molecule has 1 N–H and O–H groups in total. The normalized spacial score (nSPS) is 27.4. The van der Waals surface area contributed by atoms with E-state index in [1.807, 2.05) is 13.8 Å². The van der Waals surface area contributed by atoms with Crippen LogP contribution in [0.15, 0.2) is 12.2 Å². The average Bonchev–Trinajstić information content (AvgIpc) is 2.63. The lowest BCUT2D eigenvalue weighted by atomic mass is 9.97. The third-order valence-corrected chi connectivity index (χ3v) is 2.92. The van der Waals surface area contributed by atoms with Gasteiger partial charge in [-0.3, -0.25) is 0 Å². The maximum Gasteiger partial charge on any atom is 0.0591 e. The van der Waals surface area contributed by atoms with Crippen LogP contribution in [0.5, 0.6) is 0 Å². The highest BCUT2D eigenvalue weighted by Crippen LogP contribution is 2.44. The molecule has 1 nitrogen and oxygen atoms in total. The number of hydrogen-bond donors (Lipinski definition) is 1. The topological polar surface area (TPSA) is 20.2 Å². The van der Waals surface area contributed by atoms with Crippen molar-refractivity contribution in [3.63, 3.8) is 0 Å². The fourth-order valence-corrected chi connectivity index (χ4v) is 1.82. The van der Waals surface area contributed by atoms with Gasteiger partial charge in [-0.25, -0.2) is 0 Å². The van der Waals surface area contributed by atoms with Gasteiger partial charge >= 0.3 is 0 Å². The first kappa shape index (κ1) is 10.8. The Hall–Kier alpha value is -0.300. The first-order valence-corrected chi connectivity index (χ1v) is 5.30. The average molecular weight is 182 g/mol. The highest BCUT2D eigenvalue weighted by Gasteiger charge is 2.34. The Morgan fingerprint density at radius 1 is 1.54 bits per heavy atom. The van der Waals surface area contributed by atoms with Gasteiger partial charge in [0.05, 0.1) is 5.60 Å². The number of hydrogen-bond acceptors (Lipinski definition) is 1. The molecule has 0 heterocycles.